The third-order valence-corrected chi connectivity index (χ3v) is 5.61. The average molecular weight is 431 g/mol. The molecule has 5 nitrogen and oxygen atoms in total. The second-order valence-electron chi connectivity index (χ2n) is 7.87. The van der Waals surface area contributed by atoms with Crippen LogP contribution in [-0.2, 0) is 6.61 Å². The van der Waals surface area contributed by atoms with E-state index in [4.69, 9.17) is 18.6 Å². The van der Waals surface area contributed by atoms with Gasteiger partial charge in [0.15, 0.2) is 17.3 Å². The molecule has 0 aliphatic rings. The summed E-state index contributed by atoms with van der Waals surface area (Å²) in [7, 11) is 3.15. The van der Waals surface area contributed by atoms with Gasteiger partial charge >= 0.3 is 0 Å². The van der Waals surface area contributed by atoms with Gasteiger partial charge in [0.2, 0.25) is 11.2 Å². The average Bonchev–Trinajstić information content (AvgIpc) is 2.80. The Kier molecular flexibility index (Phi) is 5.91. The van der Waals surface area contributed by atoms with Gasteiger partial charge in [0, 0.05) is 5.56 Å². The van der Waals surface area contributed by atoms with Crippen molar-refractivity contribution in [2.24, 2.45) is 0 Å². The highest BCUT2D eigenvalue weighted by Crippen LogP contribution is 2.37. The number of ether oxygens (including phenoxy) is 3. The van der Waals surface area contributed by atoms with Crippen LogP contribution < -0.4 is 19.6 Å². The van der Waals surface area contributed by atoms with Crippen LogP contribution in [0.1, 0.15) is 22.3 Å². The number of fused-ring (bicyclic) bond motifs is 1. The number of hydrogen-bond acceptors (Lipinski definition) is 5. The van der Waals surface area contributed by atoms with Crippen LogP contribution >= 0.6 is 0 Å². The first-order valence-electron chi connectivity index (χ1n) is 10.4. The van der Waals surface area contributed by atoms with Gasteiger partial charge in [-0.1, -0.05) is 29.8 Å². The summed E-state index contributed by atoms with van der Waals surface area (Å²) in [6.07, 6.45) is 0. The molecule has 0 spiro atoms. The van der Waals surface area contributed by atoms with Crippen LogP contribution in [0.5, 0.6) is 17.2 Å². The molecule has 1 aromatic heterocycles. The standard InChI is InChI=1S/C27H26O5/c1-16-6-8-19(9-7-16)15-31-27-25(28)21-12-17(2)18(3)13-23(21)32-26(27)20-10-11-22(29-4)24(14-20)30-5/h6-14H,15H2,1-5H3. The van der Waals surface area contributed by atoms with Crippen molar-refractivity contribution < 1.29 is 18.6 Å². The molecule has 0 saturated heterocycles. The van der Waals surface area contributed by atoms with Crippen molar-refractivity contribution in [2.45, 2.75) is 27.4 Å². The smallest absolute Gasteiger partial charge is 0.235 e. The van der Waals surface area contributed by atoms with Crippen LogP contribution in [0.15, 0.2) is 63.8 Å². The highest BCUT2D eigenvalue weighted by atomic mass is 16.5. The second kappa shape index (κ2) is 8.79. The Morgan fingerprint density at radius 3 is 2.19 bits per heavy atom. The zero-order valence-corrected chi connectivity index (χ0v) is 18.9. The summed E-state index contributed by atoms with van der Waals surface area (Å²) in [6, 6.07) is 17.1. The first kappa shape index (κ1) is 21.5. The summed E-state index contributed by atoms with van der Waals surface area (Å²) >= 11 is 0. The van der Waals surface area contributed by atoms with E-state index in [0.29, 0.717) is 33.8 Å². The number of rotatable bonds is 6. The fourth-order valence-electron chi connectivity index (χ4n) is 3.57. The van der Waals surface area contributed by atoms with Crippen molar-refractivity contribution in [2.75, 3.05) is 14.2 Å². The van der Waals surface area contributed by atoms with Gasteiger partial charge in [0.05, 0.1) is 19.6 Å². The molecule has 3 aromatic carbocycles. The Labute approximate surface area is 187 Å². The summed E-state index contributed by atoms with van der Waals surface area (Å²) in [5, 5.41) is 0.497. The maximum Gasteiger partial charge on any atom is 0.235 e. The number of hydrogen-bond donors (Lipinski definition) is 0. The first-order valence-corrected chi connectivity index (χ1v) is 10.4. The molecule has 4 rings (SSSR count). The minimum Gasteiger partial charge on any atom is -0.493 e. The Morgan fingerprint density at radius 2 is 1.50 bits per heavy atom. The fraction of sp³-hybridized carbons (Fsp3) is 0.222. The van der Waals surface area contributed by atoms with Gasteiger partial charge in [-0.05, 0) is 67.8 Å². The van der Waals surface area contributed by atoms with Gasteiger partial charge in [-0.3, -0.25) is 4.79 Å². The van der Waals surface area contributed by atoms with Crippen molar-refractivity contribution in [3.63, 3.8) is 0 Å². The van der Waals surface area contributed by atoms with Crippen LogP contribution in [0.4, 0.5) is 0 Å². The van der Waals surface area contributed by atoms with Crippen molar-refractivity contribution >= 4 is 11.0 Å². The molecule has 164 valence electrons. The quantitative estimate of drug-likeness (QED) is 0.377. The maximum absolute atomic E-state index is 13.5. The SMILES string of the molecule is COc1ccc(-c2oc3cc(C)c(C)cc3c(=O)c2OCc2ccc(C)cc2)cc1OC. The minimum absolute atomic E-state index is 0.175. The van der Waals surface area contributed by atoms with Crippen LogP contribution in [0.3, 0.4) is 0 Å². The number of methoxy groups -OCH3 is 2. The highest BCUT2D eigenvalue weighted by molar-refractivity contribution is 5.83. The Bertz CT molecular complexity index is 1330. The molecule has 0 amide bonds. The van der Waals surface area contributed by atoms with Crippen LogP contribution in [-0.4, -0.2) is 14.2 Å². The van der Waals surface area contributed by atoms with Gasteiger partial charge in [0.1, 0.15) is 12.2 Å². The maximum atomic E-state index is 13.5. The van der Waals surface area contributed by atoms with Gasteiger partial charge < -0.3 is 18.6 Å². The monoisotopic (exact) mass is 430 g/mol. The predicted molar refractivity (Wildman–Crippen MR) is 126 cm³/mol. The molecule has 0 atom stereocenters. The van der Waals surface area contributed by atoms with E-state index in [2.05, 4.69) is 0 Å². The molecule has 0 saturated carbocycles. The van der Waals surface area contributed by atoms with E-state index in [-0.39, 0.29) is 17.8 Å². The van der Waals surface area contributed by atoms with Crippen LogP contribution in [0.2, 0.25) is 0 Å². The lowest BCUT2D eigenvalue weighted by atomic mass is 10.0. The normalized spacial score (nSPS) is 10.9. The molecule has 0 unspecified atom stereocenters. The van der Waals surface area contributed by atoms with Crippen molar-refractivity contribution in [3.05, 3.63) is 87.1 Å². The lowest BCUT2D eigenvalue weighted by molar-refractivity contribution is 0.297. The van der Waals surface area contributed by atoms with Crippen molar-refractivity contribution in [1.82, 2.24) is 0 Å². The number of benzene rings is 3. The van der Waals surface area contributed by atoms with E-state index in [1.165, 1.54) is 0 Å². The molecule has 5 heteroatoms. The summed E-state index contributed by atoms with van der Waals surface area (Å²) in [5.74, 6) is 1.66. The summed E-state index contributed by atoms with van der Waals surface area (Å²) in [4.78, 5) is 13.5. The molecule has 0 bridgehead atoms. The molecular weight excluding hydrogens is 404 g/mol. The lowest BCUT2D eigenvalue weighted by Gasteiger charge is -2.14. The molecule has 0 N–H and O–H groups in total. The molecule has 0 fully saturated rings. The fourth-order valence-corrected chi connectivity index (χ4v) is 3.57. The molecule has 0 aliphatic carbocycles. The molecular formula is C27H26O5. The van der Waals surface area contributed by atoms with Gasteiger partial charge in [-0.25, -0.2) is 0 Å². The summed E-state index contributed by atoms with van der Waals surface area (Å²) in [5.41, 5.74) is 5.18. The predicted octanol–water partition coefficient (Wildman–Crippen LogP) is 5.98. The molecule has 0 radical (unpaired) electrons. The van der Waals surface area contributed by atoms with E-state index in [9.17, 15) is 4.79 Å². The highest BCUT2D eigenvalue weighted by Gasteiger charge is 2.20. The van der Waals surface area contributed by atoms with E-state index in [0.717, 1.165) is 22.3 Å². The van der Waals surface area contributed by atoms with Crippen molar-refractivity contribution in [1.29, 1.82) is 0 Å². The Balaban J connectivity index is 1.89. The molecule has 32 heavy (non-hydrogen) atoms. The zero-order valence-electron chi connectivity index (χ0n) is 18.9. The van der Waals surface area contributed by atoms with E-state index in [1.54, 1.807) is 26.4 Å². The van der Waals surface area contributed by atoms with Gasteiger partial charge in [-0.2, -0.15) is 0 Å². The van der Waals surface area contributed by atoms with Gasteiger partial charge in [-0.15, -0.1) is 0 Å². The largest absolute Gasteiger partial charge is 0.493 e. The van der Waals surface area contributed by atoms with E-state index < -0.39 is 0 Å². The minimum atomic E-state index is -0.203. The van der Waals surface area contributed by atoms with Crippen LogP contribution in [0, 0.1) is 20.8 Å². The first-order chi connectivity index (χ1) is 15.4. The third kappa shape index (κ3) is 4.06. The summed E-state index contributed by atoms with van der Waals surface area (Å²) < 4.78 is 23.1. The molecule has 4 aromatic rings. The lowest BCUT2D eigenvalue weighted by Crippen LogP contribution is -2.11. The van der Waals surface area contributed by atoms with Gasteiger partial charge in [0.25, 0.3) is 0 Å². The Morgan fingerprint density at radius 1 is 0.812 bits per heavy atom. The van der Waals surface area contributed by atoms with Crippen LogP contribution in [0.25, 0.3) is 22.3 Å². The topological polar surface area (TPSA) is 57.9 Å². The van der Waals surface area contributed by atoms with Crippen molar-refractivity contribution in [3.8, 4) is 28.6 Å². The van der Waals surface area contributed by atoms with E-state index >= 15 is 0 Å². The van der Waals surface area contributed by atoms with E-state index in [1.807, 2.05) is 63.2 Å². The second-order valence-corrected chi connectivity index (χ2v) is 7.87. The third-order valence-electron chi connectivity index (χ3n) is 5.61. The Hall–Kier alpha value is -3.73. The molecule has 0 aliphatic heterocycles. The zero-order chi connectivity index (χ0) is 22.8. The summed E-state index contributed by atoms with van der Waals surface area (Å²) in [6.45, 7) is 6.25. The number of aryl methyl sites for hydroxylation is 3. The molecule has 1 heterocycles.